The zero-order valence-electron chi connectivity index (χ0n) is 14.8. The first-order valence-electron chi connectivity index (χ1n) is 9.50. The lowest BCUT2D eigenvalue weighted by molar-refractivity contribution is -0.154. The molecule has 0 spiro atoms. The predicted molar refractivity (Wildman–Crippen MR) is 96.6 cm³/mol. The molecule has 3 nitrogen and oxygen atoms in total. The number of carbonyl (C=O) groups excluding carboxylic acids is 1. The lowest BCUT2D eigenvalue weighted by atomic mass is 9.66. The molecule has 2 bridgehead atoms. The average molecular weight is 386 g/mol. The van der Waals surface area contributed by atoms with Crippen molar-refractivity contribution in [2.45, 2.75) is 75.2 Å². The van der Waals surface area contributed by atoms with E-state index in [4.69, 9.17) is 4.74 Å². The maximum Gasteiger partial charge on any atom is 0.310 e. The van der Waals surface area contributed by atoms with Crippen molar-refractivity contribution >= 4 is 21.9 Å². The molecule has 0 aromatic carbocycles. The summed E-state index contributed by atoms with van der Waals surface area (Å²) in [7, 11) is 3.77. The number of rotatable bonds is 4. The Bertz CT molecular complexity index is 430. The summed E-state index contributed by atoms with van der Waals surface area (Å²) in [5.74, 6) is 2.17. The minimum absolute atomic E-state index is 0.0361. The normalized spacial score (nSPS) is 44.3. The van der Waals surface area contributed by atoms with Crippen LogP contribution in [0.1, 0.15) is 58.3 Å². The quantitative estimate of drug-likeness (QED) is 0.535. The fourth-order valence-electron chi connectivity index (χ4n) is 5.75. The van der Waals surface area contributed by atoms with Crippen LogP contribution in [0.15, 0.2) is 0 Å². The summed E-state index contributed by atoms with van der Waals surface area (Å²) in [6, 6.07) is 1.10. The maximum absolute atomic E-state index is 12.5. The summed E-state index contributed by atoms with van der Waals surface area (Å²) < 4.78 is 5.22. The summed E-state index contributed by atoms with van der Waals surface area (Å²) in [5, 5.41) is 0. The molecule has 7 atom stereocenters. The molecule has 0 N–H and O–H groups in total. The van der Waals surface area contributed by atoms with Gasteiger partial charge in [-0.25, -0.2) is 0 Å². The Morgan fingerprint density at radius 2 is 2.00 bits per heavy atom. The molecule has 2 saturated heterocycles. The molecule has 0 amide bonds. The third-order valence-electron chi connectivity index (χ3n) is 7.00. The van der Waals surface area contributed by atoms with E-state index in [0.29, 0.717) is 28.7 Å². The van der Waals surface area contributed by atoms with E-state index in [2.05, 4.69) is 34.8 Å². The van der Waals surface area contributed by atoms with E-state index >= 15 is 0 Å². The summed E-state index contributed by atoms with van der Waals surface area (Å²) in [5.41, 5.74) is 0. The second-order valence-electron chi connectivity index (χ2n) is 8.05. The number of carbonyl (C=O) groups is 1. The third kappa shape index (κ3) is 3.35. The van der Waals surface area contributed by atoms with E-state index < -0.39 is 0 Å². The van der Waals surface area contributed by atoms with Crippen molar-refractivity contribution in [3.8, 4) is 0 Å². The van der Waals surface area contributed by atoms with Gasteiger partial charge in [-0.1, -0.05) is 29.3 Å². The van der Waals surface area contributed by atoms with Crippen LogP contribution < -0.4 is 0 Å². The molecular formula is C19H32BrNO2. The fraction of sp³-hybridized carbons (Fsp3) is 0.947. The van der Waals surface area contributed by atoms with Crippen LogP contribution in [0, 0.1) is 23.7 Å². The second-order valence-corrected chi connectivity index (χ2v) is 9.23. The molecule has 132 valence electrons. The second kappa shape index (κ2) is 7.43. The molecule has 23 heavy (non-hydrogen) atoms. The molecule has 4 heteroatoms. The van der Waals surface area contributed by atoms with Crippen LogP contribution in [0.2, 0.25) is 0 Å². The lowest BCUT2D eigenvalue weighted by Crippen LogP contribution is -2.52. The minimum Gasteiger partial charge on any atom is -0.469 e. The number of hydrogen-bond donors (Lipinski definition) is 0. The number of nitrogens with zero attached hydrogens (tertiary/aromatic N) is 1. The topological polar surface area (TPSA) is 29.5 Å². The van der Waals surface area contributed by atoms with Crippen molar-refractivity contribution < 1.29 is 9.53 Å². The molecule has 2 heterocycles. The van der Waals surface area contributed by atoms with Gasteiger partial charge in [0.15, 0.2) is 0 Å². The average Bonchev–Trinajstić information content (AvgIpc) is 2.79. The van der Waals surface area contributed by atoms with Crippen LogP contribution in [0.3, 0.4) is 0 Å². The first-order chi connectivity index (χ1) is 11.1. The van der Waals surface area contributed by atoms with Crippen molar-refractivity contribution in [2.24, 2.45) is 23.7 Å². The van der Waals surface area contributed by atoms with Gasteiger partial charge in [-0.15, -0.1) is 0 Å². The Balaban J connectivity index is 1.74. The number of alkyl halides is 1. The van der Waals surface area contributed by atoms with Crippen molar-refractivity contribution in [2.75, 3.05) is 14.2 Å². The smallest absolute Gasteiger partial charge is 0.310 e. The maximum atomic E-state index is 12.5. The number of piperidine rings is 1. The van der Waals surface area contributed by atoms with Gasteiger partial charge in [0.05, 0.1) is 13.0 Å². The van der Waals surface area contributed by atoms with Gasteiger partial charge in [-0.2, -0.15) is 0 Å². The van der Waals surface area contributed by atoms with Crippen molar-refractivity contribution in [1.82, 2.24) is 4.90 Å². The van der Waals surface area contributed by atoms with E-state index in [1.807, 2.05) is 0 Å². The van der Waals surface area contributed by atoms with Crippen LogP contribution >= 0.6 is 15.9 Å². The lowest BCUT2D eigenvalue weighted by Gasteiger charge is -2.47. The predicted octanol–water partition coefficient (Wildman–Crippen LogP) is 4.24. The number of fused-ring (bicyclic) bond motifs is 2. The van der Waals surface area contributed by atoms with Gasteiger partial charge in [-0.3, -0.25) is 9.69 Å². The summed E-state index contributed by atoms with van der Waals surface area (Å²) in [4.78, 5) is 15.6. The first-order valence-corrected chi connectivity index (χ1v) is 10.4. The highest BCUT2D eigenvalue weighted by molar-refractivity contribution is 9.09. The van der Waals surface area contributed by atoms with Crippen LogP contribution in [0.5, 0.6) is 0 Å². The Kier molecular flexibility index (Phi) is 5.72. The van der Waals surface area contributed by atoms with Gasteiger partial charge in [-0.05, 0) is 69.7 Å². The molecule has 1 aliphatic carbocycles. The van der Waals surface area contributed by atoms with E-state index in [0.717, 1.165) is 5.92 Å². The van der Waals surface area contributed by atoms with Crippen LogP contribution in [-0.2, 0) is 9.53 Å². The zero-order chi connectivity index (χ0) is 16.6. The van der Waals surface area contributed by atoms with E-state index in [1.54, 1.807) is 7.11 Å². The van der Waals surface area contributed by atoms with E-state index in [-0.39, 0.29) is 11.9 Å². The molecule has 3 fully saturated rings. The SMILES string of the molecule is CCCC1CCC([C@H]2C[C@H]3CCC(C2C(=O)OC)N3C)CC1Br. The molecule has 5 unspecified atom stereocenters. The zero-order valence-corrected chi connectivity index (χ0v) is 16.4. The summed E-state index contributed by atoms with van der Waals surface area (Å²) >= 11 is 3.97. The van der Waals surface area contributed by atoms with E-state index in [9.17, 15) is 4.79 Å². The highest BCUT2D eigenvalue weighted by atomic mass is 79.9. The van der Waals surface area contributed by atoms with Gasteiger partial charge in [0.25, 0.3) is 0 Å². The molecule has 3 aliphatic rings. The Labute approximate surface area is 149 Å². The number of ether oxygens (including phenoxy) is 1. The summed E-state index contributed by atoms with van der Waals surface area (Å²) in [6.07, 6.45) is 10.1. The largest absolute Gasteiger partial charge is 0.469 e. The van der Waals surface area contributed by atoms with Crippen molar-refractivity contribution in [3.05, 3.63) is 0 Å². The first kappa shape index (κ1) is 17.7. The minimum atomic E-state index is 0.0361. The highest BCUT2D eigenvalue weighted by Gasteiger charge is 2.51. The molecule has 2 aliphatic heterocycles. The fourth-order valence-corrected chi connectivity index (χ4v) is 6.76. The molecule has 0 radical (unpaired) electrons. The summed E-state index contributed by atoms with van der Waals surface area (Å²) in [6.45, 7) is 2.29. The number of esters is 1. The van der Waals surface area contributed by atoms with Gasteiger partial charge >= 0.3 is 5.97 Å². The molecular weight excluding hydrogens is 354 g/mol. The van der Waals surface area contributed by atoms with Crippen LogP contribution in [0.4, 0.5) is 0 Å². The van der Waals surface area contributed by atoms with Crippen molar-refractivity contribution in [1.29, 1.82) is 0 Å². The highest BCUT2D eigenvalue weighted by Crippen LogP contribution is 2.49. The van der Waals surface area contributed by atoms with Gasteiger partial charge in [0.1, 0.15) is 0 Å². The number of halogens is 1. The number of hydrogen-bond acceptors (Lipinski definition) is 3. The Morgan fingerprint density at radius 1 is 1.22 bits per heavy atom. The molecule has 0 aromatic heterocycles. The van der Waals surface area contributed by atoms with Crippen molar-refractivity contribution in [3.63, 3.8) is 0 Å². The van der Waals surface area contributed by atoms with Gasteiger partial charge in [0.2, 0.25) is 0 Å². The Hall–Kier alpha value is -0.0900. The van der Waals surface area contributed by atoms with E-state index in [1.165, 1.54) is 51.4 Å². The Morgan fingerprint density at radius 3 is 2.65 bits per heavy atom. The third-order valence-corrected chi connectivity index (χ3v) is 8.12. The molecule has 1 saturated carbocycles. The van der Waals surface area contributed by atoms with Crippen LogP contribution in [-0.4, -0.2) is 41.9 Å². The monoisotopic (exact) mass is 385 g/mol. The standard InChI is InChI=1S/C19H32BrNO2/c1-4-5-12-6-7-13(10-16(12)20)15-11-14-8-9-17(21(14)2)18(15)19(22)23-3/h12-18H,4-11H2,1-3H3/t12?,13?,14-,15-,16?,17?,18?/m1/s1. The van der Waals surface area contributed by atoms with Crippen LogP contribution in [0.25, 0.3) is 0 Å². The number of methoxy groups -OCH3 is 1. The molecule has 3 rings (SSSR count). The van der Waals surface area contributed by atoms with Gasteiger partial charge < -0.3 is 4.74 Å². The van der Waals surface area contributed by atoms with Gasteiger partial charge in [0, 0.05) is 16.9 Å². The molecule has 0 aromatic rings.